The van der Waals surface area contributed by atoms with Crippen molar-refractivity contribution in [1.82, 2.24) is 29.0 Å². The molecule has 0 bridgehead atoms. The maximum atomic E-state index is 14.6. The highest BCUT2D eigenvalue weighted by Gasteiger charge is 2.33. The highest BCUT2D eigenvalue weighted by molar-refractivity contribution is 7.90. The third kappa shape index (κ3) is 7.37. The van der Waals surface area contributed by atoms with E-state index in [-0.39, 0.29) is 23.5 Å². The zero-order valence-corrected chi connectivity index (χ0v) is 33.7. The summed E-state index contributed by atoms with van der Waals surface area (Å²) in [4.78, 5) is 34.2. The molecule has 56 heavy (non-hydrogen) atoms. The van der Waals surface area contributed by atoms with Crippen molar-refractivity contribution in [1.29, 1.82) is 0 Å². The van der Waals surface area contributed by atoms with Crippen molar-refractivity contribution in [2.75, 3.05) is 27.3 Å². The van der Waals surface area contributed by atoms with Crippen LogP contribution in [0.25, 0.3) is 39.5 Å². The van der Waals surface area contributed by atoms with Crippen LogP contribution in [0, 0.1) is 0 Å². The number of hydrogen-bond donors (Lipinski definition) is 1. The number of allylic oxidation sites excluding steroid dienone is 1. The number of methoxy groups -OCH3 is 2. The number of sulfonamides is 1. The number of pyridine rings is 1. The van der Waals surface area contributed by atoms with Crippen LogP contribution in [0.5, 0.6) is 5.75 Å². The Balaban J connectivity index is 1.50. The molecule has 7 rings (SSSR count). The van der Waals surface area contributed by atoms with Crippen molar-refractivity contribution in [3.63, 3.8) is 0 Å². The van der Waals surface area contributed by atoms with Gasteiger partial charge in [-0.2, -0.15) is 5.10 Å². The smallest absolute Gasteiger partial charge is 0.264 e. The van der Waals surface area contributed by atoms with E-state index in [2.05, 4.69) is 26.4 Å². The van der Waals surface area contributed by atoms with Gasteiger partial charge < -0.3 is 18.9 Å². The number of amides is 2. The van der Waals surface area contributed by atoms with E-state index in [4.69, 9.17) is 14.6 Å². The Morgan fingerprint density at radius 2 is 1.73 bits per heavy atom. The van der Waals surface area contributed by atoms with Crippen molar-refractivity contribution < 1.29 is 27.5 Å². The maximum Gasteiger partial charge on any atom is 0.264 e. The van der Waals surface area contributed by atoms with Gasteiger partial charge in [-0.3, -0.25) is 14.6 Å². The van der Waals surface area contributed by atoms with Gasteiger partial charge in [-0.25, -0.2) is 17.8 Å². The fourth-order valence-corrected chi connectivity index (χ4v) is 8.65. The molecule has 1 atom stereocenters. The normalized spacial score (nSPS) is 15.2. The molecule has 294 valence electrons. The second kappa shape index (κ2) is 16.1. The number of carbonyl (C=O) groups is 2. The molecule has 2 amide bonds. The number of nitrogens with one attached hydrogen (secondary N) is 1. The van der Waals surface area contributed by atoms with Gasteiger partial charge in [-0.05, 0) is 112 Å². The molecule has 5 aromatic rings. The summed E-state index contributed by atoms with van der Waals surface area (Å²) in [5.41, 5.74) is 7.83. The Labute approximate surface area is 328 Å². The number of likely N-dealkylation sites (N-methyl/N-ethyl adjacent to an activating group) is 1. The second-order valence-electron chi connectivity index (χ2n) is 15.0. The molecular formula is C43H50N6O6S. The summed E-state index contributed by atoms with van der Waals surface area (Å²) < 4.78 is 43.2. The molecule has 12 nitrogen and oxygen atoms in total. The molecule has 1 unspecified atom stereocenters. The third-order valence-corrected chi connectivity index (χ3v) is 12.9. The van der Waals surface area contributed by atoms with Crippen molar-refractivity contribution in [2.24, 2.45) is 0 Å². The van der Waals surface area contributed by atoms with E-state index in [9.17, 15) is 18.0 Å². The molecule has 2 aliphatic rings. The summed E-state index contributed by atoms with van der Waals surface area (Å²) in [6.45, 7) is 8.16. The number of hydrogen-bond acceptors (Lipinski definition) is 8. The molecule has 1 N–H and O–H groups in total. The summed E-state index contributed by atoms with van der Waals surface area (Å²) in [7, 11) is -0.583. The van der Waals surface area contributed by atoms with Crippen molar-refractivity contribution in [2.45, 2.75) is 83.6 Å². The van der Waals surface area contributed by atoms with Crippen LogP contribution in [-0.2, 0) is 21.3 Å². The largest absolute Gasteiger partial charge is 0.497 e. The van der Waals surface area contributed by atoms with Crippen molar-refractivity contribution >= 4 is 44.4 Å². The number of ether oxygens (including phenoxy) is 2. The minimum Gasteiger partial charge on any atom is -0.497 e. The fourth-order valence-electron chi connectivity index (χ4n) is 8.04. The lowest BCUT2D eigenvalue weighted by atomic mass is 9.81. The number of benzene rings is 2. The topological polar surface area (TPSA) is 138 Å². The Morgan fingerprint density at radius 3 is 2.41 bits per heavy atom. The lowest BCUT2D eigenvalue weighted by Crippen LogP contribution is -2.37. The molecular weight excluding hydrogens is 729 g/mol. The Bertz CT molecular complexity index is 2410. The number of rotatable bonds is 12. The van der Waals surface area contributed by atoms with E-state index in [1.165, 1.54) is 25.8 Å². The number of fused-ring (bicyclic) bond motifs is 5. The van der Waals surface area contributed by atoms with Gasteiger partial charge in [-0.15, -0.1) is 0 Å². The van der Waals surface area contributed by atoms with E-state index < -0.39 is 21.2 Å². The first-order chi connectivity index (χ1) is 26.9. The van der Waals surface area contributed by atoms with E-state index >= 15 is 0 Å². The lowest BCUT2D eigenvalue weighted by molar-refractivity contribution is 0.0551. The highest BCUT2D eigenvalue weighted by atomic mass is 32.2. The number of nitrogens with zero attached hydrogens (tertiary/aromatic N) is 5. The molecule has 1 aliphatic heterocycles. The van der Waals surface area contributed by atoms with Crippen LogP contribution < -0.4 is 9.46 Å². The summed E-state index contributed by atoms with van der Waals surface area (Å²) in [6, 6.07) is 15.3. The predicted octanol–water partition coefficient (Wildman–Crippen LogP) is 7.46. The molecule has 0 spiro atoms. The molecule has 1 aliphatic carbocycles. The molecule has 1 fully saturated rings. The molecule has 2 aromatic carbocycles. The zero-order chi connectivity index (χ0) is 39.7. The van der Waals surface area contributed by atoms with Gasteiger partial charge in [0.25, 0.3) is 11.8 Å². The molecule has 3 aromatic heterocycles. The Kier molecular flexibility index (Phi) is 11.2. The predicted molar refractivity (Wildman–Crippen MR) is 219 cm³/mol. The summed E-state index contributed by atoms with van der Waals surface area (Å²) in [6.07, 6.45) is 12.5. The van der Waals surface area contributed by atoms with Crippen LogP contribution in [0.2, 0.25) is 0 Å². The first kappa shape index (κ1) is 39.0. The monoisotopic (exact) mass is 778 g/mol. The average Bonchev–Trinajstić information content (AvgIpc) is 3.74. The van der Waals surface area contributed by atoms with Crippen LogP contribution in [0.1, 0.15) is 103 Å². The van der Waals surface area contributed by atoms with E-state index in [0.717, 1.165) is 64.7 Å². The van der Waals surface area contributed by atoms with Gasteiger partial charge in [0.15, 0.2) is 0 Å². The van der Waals surface area contributed by atoms with E-state index in [1.54, 1.807) is 54.5 Å². The van der Waals surface area contributed by atoms with Crippen LogP contribution >= 0.6 is 0 Å². The highest BCUT2D eigenvalue weighted by Crippen LogP contribution is 2.48. The second-order valence-corrected chi connectivity index (χ2v) is 17.2. The van der Waals surface area contributed by atoms with Gasteiger partial charge in [0.1, 0.15) is 5.75 Å². The molecule has 4 heterocycles. The standard InChI is InChI=1S/C43H50N6O6S/c1-7-47(25-28(4)54-5)43(51)37-24-45-49(33-17-19-44-20-18-33)40(37)32-21-31-22-34(55-6)14-16-35(31)41-39(29-11-9-8-10-12-29)36-15-13-30(23-38(36)48(41)26-32)42(50)46-56(52,53)27(2)3/h13-24,27-29H,7-12,25-26H2,1-6H3,(H,46,50). The first-order valence-electron chi connectivity index (χ1n) is 19.4. The quantitative estimate of drug-likeness (QED) is 0.138. The summed E-state index contributed by atoms with van der Waals surface area (Å²) >= 11 is 0. The van der Waals surface area contributed by atoms with Gasteiger partial charge in [0.05, 0.1) is 53.8 Å². The van der Waals surface area contributed by atoms with E-state index in [0.29, 0.717) is 36.6 Å². The first-order valence-corrected chi connectivity index (χ1v) is 20.9. The Hall–Kier alpha value is -5.27. The minimum atomic E-state index is -3.87. The van der Waals surface area contributed by atoms with Crippen LogP contribution in [0.4, 0.5) is 0 Å². The van der Waals surface area contributed by atoms with E-state index in [1.807, 2.05) is 44.2 Å². The van der Waals surface area contributed by atoms with Crippen molar-refractivity contribution in [3.05, 3.63) is 95.1 Å². The fraction of sp³-hybridized carbons (Fsp3) is 0.395. The van der Waals surface area contributed by atoms with Gasteiger partial charge in [0, 0.05) is 54.6 Å². The summed E-state index contributed by atoms with van der Waals surface area (Å²) in [5, 5.41) is 5.07. The molecule has 1 saturated carbocycles. The summed E-state index contributed by atoms with van der Waals surface area (Å²) in [5.74, 6) is 0.116. The molecule has 0 radical (unpaired) electrons. The zero-order valence-electron chi connectivity index (χ0n) is 32.9. The number of aromatic nitrogens is 4. The van der Waals surface area contributed by atoms with Gasteiger partial charge in [-0.1, -0.05) is 25.3 Å². The minimum absolute atomic E-state index is 0.173. The third-order valence-electron chi connectivity index (χ3n) is 11.2. The SMILES string of the molecule is CCN(CC(C)OC)C(=O)c1cnn(-c2ccncc2)c1C1=Cc2cc(OC)ccc2-c2c(C3CCCCC3)c3ccc(C(=O)NS(=O)(=O)C(C)C)cc3n2C1. The van der Waals surface area contributed by atoms with Crippen LogP contribution in [-0.4, -0.2) is 83.1 Å². The van der Waals surface area contributed by atoms with Crippen LogP contribution in [0.3, 0.4) is 0 Å². The molecule has 13 heteroatoms. The maximum absolute atomic E-state index is 14.6. The van der Waals surface area contributed by atoms with Crippen molar-refractivity contribution in [3.8, 4) is 22.7 Å². The van der Waals surface area contributed by atoms with Gasteiger partial charge in [0.2, 0.25) is 10.0 Å². The lowest BCUT2D eigenvalue weighted by Gasteiger charge is -2.24. The molecule has 0 saturated heterocycles. The number of carbonyl (C=O) groups excluding carboxylic acids is 2. The van der Waals surface area contributed by atoms with Crippen LogP contribution in [0.15, 0.2) is 67.1 Å². The average molecular weight is 779 g/mol. The van der Waals surface area contributed by atoms with Gasteiger partial charge >= 0.3 is 0 Å². The Morgan fingerprint density at radius 1 is 0.982 bits per heavy atom.